The van der Waals surface area contributed by atoms with Gasteiger partial charge >= 0.3 is 0 Å². The van der Waals surface area contributed by atoms with Crippen molar-refractivity contribution in [2.45, 2.75) is 45.1 Å². The van der Waals surface area contributed by atoms with Crippen LogP contribution >= 0.6 is 0 Å². The fourth-order valence-corrected chi connectivity index (χ4v) is 3.70. The van der Waals surface area contributed by atoms with Gasteiger partial charge < -0.3 is 10.2 Å². The number of benzene rings is 2. The molecule has 3 rings (SSSR count). The molecule has 0 saturated carbocycles. The molecular formula is C21H28N2O. The van der Waals surface area contributed by atoms with Crippen LogP contribution in [-0.4, -0.2) is 36.5 Å². The Kier molecular flexibility index (Phi) is 5.52. The third kappa shape index (κ3) is 3.62. The van der Waals surface area contributed by atoms with E-state index in [1.807, 2.05) is 0 Å². The molecule has 2 aromatic rings. The van der Waals surface area contributed by atoms with Gasteiger partial charge in [0.1, 0.15) is 0 Å². The predicted octanol–water partition coefficient (Wildman–Crippen LogP) is 3.93. The number of nitrogens with zero attached hydrogens (tertiary/aromatic N) is 1. The molecule has 1 heterocycles. The monoisotopic (exact) mass is 324 g/mol. The van der Waals surface area contributed by atoms with Gasteiger partial charge in [0, 0.05) is 12.6 Å². The van der Waals surface area contributed by atoms with Gasteiger partial charge in [-0.3, -0.25) is 4.79 Å². The van der Waals surface area contributed by atoms with Crippen LogP contribution in [0.2, 0.25) is 0 Å². The zero-order valence-electron chi connectivity index (χ0n) is 14.8. The van der Waals surface area contributed by atoms with Crippen molar-refractivity contribution in [3.8, 4) is 0 Å². The molecule has 1 unspecified atom stereocenters. The average Bonchev–Trinajstić information content (AvgIpc) is 2.65. The summed E-state index contributed by atoms with van der Waals surface area (Å²) in [5.41, 5.74) is 1.12. The third-order valence-corrected chi connectivity index (χ3v) is 5.14. The summed E-state index contributed by atoms with van der Waals surface area (Å²) in [6.45, 7) is 7.10. The molecule has 0 radical (unpaired) electrons. The maximum atomic E-state index is 13.2. The van der Waals surface area contributed by atoms with Crippen molar-refractivity contribution in [3.05, 3.63) is 48.0 Å². The highest BCUT2D eigenvalue weighted by Gasteiger charge is 2.28. The quantitative estimate of drug-likeness (QED) is 0.903. The number of hydrogen-bond acceptors (Lipinski definition) is 2. The van der Waals surface area contributed by atoms with Crippen LogP contribution in [0.3, 0.4) is 0 Å². The number of amides is 1. The highest BCUT2D eigenvalue weighted by atomic mass is 16.2. The second-order valence-corrected chi connectivity index (χ2v) is 6.84. The van der Waals surface area contributed by atoms with E-state index in [2.05, 4.69) is 66.5 Å². The lowest BCUT2D eigenvalue weighted by Crippen LogP contribution is -2.47. The first-order valence-corrected chi connectivity index (χ1v) is 9.20. The maximum absolute atomic E-state index is 13.2. The van der Waals surface area contributed by atoms with Crippen LogP contribution in [0.1, 0.15) is 44.6 Å². The molecule has 1 aliphatic rings. The second kappa shape index (κ2) is 7.80. The van der Waals surface area contributed by atoms with Crippen LogP contribution in [0, 0.1) is 0 Å². The molecule has 0 aromatic heterocycles. The van der Waals surface area contributed by atoms with E-state index in [1.165, 1.54) is 10.8 Å². The fraction of sp³-hybridized carbons (Fsp3) is 0.476. The van der Waals surface area contributed by atoms with Crippen LogP contribution in [0.5, 0.6) is 0 Å². The van der Waals surface area contributed by atoms with E-state index in [4.69, 9.17) is 0 Å². The van der Waals surface area contributed by atoms with E-state index in [1.54, 1.807) is 0 Å². The molecule has 1 N–H and O–H groups in total. The van der Waals surface area contributed by atoms with E-state index >= 15 is 0 Å². The van der Waals surface area contributed by atoms with Crippen LogP contribution in [-0.2, 0) is 4.79 Å². The lowest BCUT2D eigenvalue weighted by atomic mass is 9.94. The lowest BCUT2D eigenvalue weighted by Gasteiger charge is -2.36. The smallest absolute Gasteiger partial charge is 0.230 e. The van der Waals surface area contributed by atoms with Crippen molar-refractivity contribution >= 4 is 16.7 Å². The van der Waals surface area contributed by atoms with Gasteiger partial charge in [-0.05, 0) is 55.6 Å². The normalized spacial score (nSPS) is 16.9. The number of piperidine rings is 1. The molecule has 0 spiro atoms. The SMILES string of the molecule is CCCN(C(=O)C(C)c1ccc2ccccc2c1)C1CCNCC1. The Morgan fingerprint density at radius 2 is 1.88 bits per heavy atom. The molecule has 1 aliphatic heterocycles. The highest BCUT2D eigenvalue weighted by molar-refractivity contribution is 5.87. The summed E-state index contributed by atoms with van der Waals surface area (Å²) in [6.07, 6.45) is 3.15. The van der Waals surface area contributed by atoms with Crippen molar-refractivity contribution in [1.82, 2.24) is 10.2 Å². The number of rotatable bonds is 5. The van der Waals surface area contributed by atoms with E-state index in [0.29, 0.717) is 6.04 Å². The number of nitrogens with one attached hydrogen (secondary N) is 1. The Bertz CT molecular complexity index is 691. The zero-order valence-corrected chi connectivity index (χ0v) is 14.8. The average molecular weight is 324 g/mol. The zero-order chi connectivity index (χ0) is 16.9. The Balaban J connectivity index is 1.81. The summed E-state index contributed by atoms with van der Waals surface area (Å²) in [5, 5.41) is 5.83. The minimum atomic E-state index is -0.0870. The fourth-order valence-electron chi connectivity index (χ4n) is 3.70. The Hall–Kier alpha value is -1.87. The molecule has 3 nitrogen and oxygen atoms in total. The molecular weight excluding hydrogens is 296 g/mol. The van der Waals surface area contributed by atoms with E-state index in [-0.39, 0.29) is 11.8 Å². The maximum Gasteiger partial charge on any atom is 0.230 e. The standard InChI is InChI=1S/C21H28N2O/c1-3-14-23(20-10-12-22-13-11-20)21(24)16(2)18-9-8-17-6-4-5-7-19(17)15-18/h4-9,15-16,20,22H,3,10-14H2,1-2H3. The van der Waals surface area contributed by atoms with Gasteiger partial charge in [-0.15, -0.1) is 0 Å². The van der Waals surface area contributed by atoms with Gasteiger partial charge in [0.2, 0.25) is 5.91 Å². The minimum Gasteiger partial charge on any atom is -0.339 e. The number of fused-ring (bicyclic) bond motifs is 1. The second-order valence-electron chi connectivity index (χ2n) is 6.84. The summed E-state index contributed by atoms with van der Waals surface area (Å²) < 4.78 is 0. The Morgan fingerprint density at radius 1 is 1.17 bits per heavy atom. The summed E-state index contributed by atoms with van der Waals surface area (Å²) in [6, 6.07) is 15.1. The number of carbonyl (C=O) groups is 1. The van der Waals surface area contributed by atoms with E-state index < -0.39 is 0 Å². The number of carbonyl (C=O) groups excluding carboxylic acids is 1. The summed E-state index contributed by atoms with van der Waals surface area (Å²) in [5.74, 6) is 0.190. The molecule has 1 amide bonds. The van der Waals surface area contributed by atoms with Crippen LogP contribution in [0.4, 0.5) is 0 Å². The van der Waals surface area contributed by atoms with Crippen molar-refractivity contribution in [2.24, 2.45) is 0 Å². The molecule has 128 valence electrons. The van der Waals surface area contributed by atoms with Gasteiger partial charge in [0.25, 0.3) is 0 Å². The lowest BCUT2D eigenvalue weighted by molar-refractivity contribution is -0.135. The topological polar surface area (TPSA) is 32.3 Å². The van der Waals surface area contributed by atoms with Crippen molar-refractivity contribution in [2.75, 3.05) is 19.6 Å². The number of hydrogen-bond donors (Lipinski definition) is 1. The molecule has 1 atom stereocenters. The largest absolute Gasteiger partial charge is 0.339 e. The summed E-state index contributed by atoms with van der Waals surface area (Å²) >= 11 is 0. The molecule has 0 aliphatic carbocycles. The molecule has 3 heteroatoms. The Labute approximate surface area is 145 Å². The predicted molar refractivity (Wildman–Crippen MR) is 100 cm³/mol. The van der Waals surface area contributed by atoms with Gasteiger partial charge in [-0.25, -0.2) is 0 Å². The first kappa shape index (κ1) is 17.0. The van der Waals surface area contributed by atoms with E-state index in [0.717, 1.165) is 44.5 Å². The molecule has 2 aromatic carbocycles. The first-order valence-electron chi connectivity index (χ1n) is 9.20. The van der Waals surface area contributed by atoms with E-state index in [9.17, 15) is 4.79 Å². The van der Waals surface area contributed by atoms with Crippen LogP contribution in [0.15, 0.2) is 42.5 Å². The van der Waals surface area contributed by atoms with Crippen LogP contribution < -0.4 is 5.32 Å². The molecule has 0 bridgehead atoms. The van der Waals surface area contributed by atoms with Gasteiger partial charge in [-0.2, -0.15) is 0 Å². The Morgan fingerprint density at radius 3 is 2.58 bits per heavy atom. The van der Waals surface area contributed by atoms with Crippen LogP contribution in [0.25, 0.3) is 10.8 Å². The van der Waals surface area contributed by atoms with Gasteiger partial charge in [0.05, 0.1) is 5.92 Å². The third-order valence-electron chi connectivity index (χ3n) is 5.14. The summed E-state index contributed by atoms with van der Waals surface area (Å²) in [7, 11) is 0. The summed E-state index contributed by atoms with van der Waals surface area (Å²) in [4.78, 5) is 15.3. The van der Waals surface area contributed by atoms with Crippen molar-refractivity contribution in [1.29, 1.82) is 0 Å². The molecule has 1 fully saturated rings. The molecule has 1 saturated heterocycles. The minimum absolute atomic E-state index is 0.0870. The molecule has 24 heavy (non-hydrogen) atoms. The van der Waals surface area contributed by atoms with Gasteiger partial charge in [0.15, 0.2) is 0 Å². The first-order chi connectivity index (χ1) is 11.7. The van der Waals surface area contributed by atoms with Gasteiger partial charge in [-0.1, -0.05) is 49.4 Å². The van der Waals surface area contributed by atoms with Crippen molar-refractivity contribution < 1.29 is 4.79 Å². The van der Waals surface area contributed by atoms with Crippen molar-refractivity contribution in [3.63, 3.8) is 0 Å². The highest BCUT2D eigenvalue weighted by Crippen LogP contribution is 2.25.